The minimum Gasteiger partial charge on any atom is -0.391 e. The van der Waals surface area contributed by atoms with Gasteiger partial charge in [-0.25, -0.2) is 4.57 Å². The molecule has 8 nitrogen and oxygen atoms in total. The highest BCUT2D eigenvalue weighted by molar-refractivity contribution is 7.47. The van der Waals surface area contributed by atoms with E-state index in [9.17, 15) is 19.4 Å². The van der Waals surface area contributed by atoms with Crippen molar-refractivity contribution in [2.75, 3.05) is 40.9 Å². The first kappa shape index (κ1) is 64.5. The van der Waals surface area contributed by atoms with Gasteiger partial charge in [0, 0.05) is 6.42 Å². The molecule has 0 spiro atoms. The molecule has 0 heterocycles. The number of allylic oxidation sites excluding steroid dienone is 8. The standard InChI is InChI=1S/C57H109N2O6P/c1-6-8-10-12-14-16-18-20-22-24-26-28-29-31-32-34-36-38-40-42-44-46-48-50-56(60)55(54-65-66(62,63)64-53-52-59(3,4)5)58-57(61)51-49-47-45-43-41-39-37-35-33-30-27-25-23-21-19-17-15-13-11-9-7-2/h9,11,15,17,21,23,27,30,55-56,60H,6-8,10,12-14,16,18-20,22,24-26,28-29,31-54H2,1-5H3,(H-,58,61,62,63)/p+1/b11-9-,17-15-,23-21-,30-27-. The molecule has 3 N–H and O–H groups in total. The smallest absolute Gasteiger partial charge is 0.391 e. The Hall–Kier alpha value is -1.54. The van der Waals surface area contributed by atoms with Crippen LogP contribution in [0.15, 0.2) is 48.6 Å². The Morgan fingerprint density at radius 1 is 0.530 bits per heavy atom. The lowest BCUT2D eigenvalue weighted by Gasteiger charge is -2.26. The Morgan fingerprint density at radius 3 is 1.33 bits per heavy atom. The first-order valence-electron chi connectivity index (χ1n) is 28.0. The van der Waals surface area contributed by atoms with Crippen LogP contribution in [0.3, 0.4) is 0 Å². The molecule has 0 aliphatic rings. The van der Waals surface area contributed by atoms with Gasteiger partial charge in [-0.05, 0) is 51.4 Å². The van der Waals surface area contributed by atoms with Crippen molar-refractivity contribution in [1.29, 1.82) is 0 Å². The second-order valence-corrected chi connectivity index (χ2v) is 21.7. The lowest BCUT2D eigenvalue weighted by atomic mass is 10.0. The van der Waals surface area contributed by atoms with E-state index in [0.29, 0.717) is 23.9 Å². The largest absolute Gasteiger partial charge is 0.472 e. The van der Waals surface area contributed by atoms with Crippen LogP contribution >= 0.6 is 7.82 Å². The van der Waals surface area contributed by atoms with Crippen molar-refractivity contribution in [2.45, 2.75) is 270 Å². The number of rotatable bonds is 51. The molecule has 0 aromatic rings. The fraction of sp³-hybridized carbons (Fsp3) is 0.842. The van der Waals surface area contributed by atoms with Crippen molar-refractivity contribution in [2.24, 2.45) is 0 Å². The SMILES string of the molecule is CC/C=C\C/C=C\C/C=C\C/C=C\CCCCCCCCCCC(=O)NC(COP(=O)(O)OCC[N+](C)(C)C)C(O)CCCCCCCCCCCCCCCCCCCCCCCCC. The number of quaternary nitrogens is 1. The third-order valence-corrected chi connectivity index (χ3v) is 13.6. The molecule has 0 rings (SSSR count). The predicted octanol–water partition coefficient (Wildman–Crippen LogP) is 16.8. The van der Waals surface area contributed by atoms with Gasteiger partial charge < -0.3 is 19.8 Å². The normalized spacial score (nSPS) is 14.3. The van der Waals surface area contributed by atoms with Crippen LogP contribution in [-0.4, -0.2) is 73.4 Å². The van der Waals surface area contributed by atoms with Gasteiger partial charge in [-0.3, -0.25) is 13.8 Å². The molecule has 1 amide bonds. The Morgan fingerprint density at radius 2 is 0.909 bits per heavy atom. The molecule has 0 aliphatic carbocycles. The van der Waals surface area contributed by atoms with E-state index in [-0.39, 0.29) is 19.1 Å². The van der Waals surface area contributed by atoms with Crippen molar-refractivity contribution in [1.82, 2.24) is 5.32 Å². The third kappa shape index (κ3) is 50.3. The number of carbonyl (C=O) groups excluding carboxylic acids is 1. The molecule has 3 unspecified atom stereocenters. The highest BCUT2D eigenvalue weighted by atomic mass is 31.2. The maximum absolute atomic E-state index is 13.0. The number of aliphatic hydroxyl groups excluding tert-OH is 1. The van der Waals surface area contributed by atoms with Crippen molar-refractivity contribution >= 4 is 13.7 Å². The van der Waals surface area contributed by atoms with E-state index >= 15 is 0 Å². The van der Waals surface area contributed by atoms with E-state index in [1.807, 2.05) is 21.1 Å². The fourth-order valence-electron chi connectivity index (χ4n) is 8.22. The zero-order valence-electron chi connectivity index (χ0n) is 44.2. The van der Waals surface area contributed by atoms with Crippen LogP contribution in [0.5, 0.6) is 0 Å². The fourth-order valence-corrected chi connectivity index (χ4v) is 8.95. The number of nitrogens with zero attached hydrogens (tertiary/aromatic N) is 1. The number of nitrogens with one attached hydrogen (secondary N) is 1. The van der Waals surface area contributed by atoms with Crippen LogP contribution in [-0.2, 0) is 18.4 Å². The van der Waals surface area contributed by atoms with Gasteiger partial charge in [0.2, 0.25) is 5.91 Å². The van der Waals surface area contributed by atoms with E-state index < -0.39 is 20.0 Å². The maximum atomic E-state index is 13.0. The molecule has 9 heteroatoms. The second kappa shape index (κ2) is 48.5. The number of phosphoric acid groups is 1. The molecule has 3 atom stereocenters. The van der Waals surface area contributed by atoms with Crippen LogP contribution in [0.2, 0.25) is 0 Å². The van der Waals surface area contributed by atoms with Gasteiger partial charge in [0.25, 0.3) is 0 Å². The van der Waals surface area contributed by atoms with Gasteiger partial charge in [0.1, 0.15) is 13.2 Å². The highest BCUT2D eigenvalue weighted by Gasteiger charge is 2.28. The molecule has 0 saturated heterocycles. The molecule has 66 heavy (non-hydrogen) atoms. The Kier molecular flexibility index (Phi) is 47.4. The molecule has 0 aromatic heterocycles. The summed E-state index contributed by atoms with van der Waals surface area (Å²) in [5.41, 5.74) is 0. The molecule has 0 aromatic carbocycles. The van der Waals surface area contributed by atoms with E-state index in [0.717, 1.165) is 70.6 Å². The molecular weight excluding hydrogens is 840 g/mol. The molecule has 0 saturated carbocycles. The number of phosphoric ester groups is 1. The zero-order valence-corrected chi connectivity index (χ0v) is 45.1. The summed E-state index contributed by atoms with van der Waals surface area (Å²) in [4.78, 5) is 23.3. The number of hydrogen-bond acceptors (Lipinski definition) is 5. The maximum Gasteiger partial charge on any atom is 0.472 e. The minimum absolute atomic E-state index is 0.0718. The summed E-state index contributed by atoms with van der Waals surface area (Å²) in [6.07, 6.45) is 63.0. The number of likely N-dealkylation sites (N-methyl/N-ethyl adjacent to an activating group) is 1. The summed E-state index contributed by atoms with van der Waals surface area (Å²) < 4.78 is 23.8. The lowest BCUT2D eigenvalue weighted by Crippen LogP contribution is -2.46. The van der Waals surface area contributed by atoms with Gasteiger partial charge in [-0.2, -0.15) is 0 Å². The number of hydrogen-bond donors (Lipinski definition) is 3. The zero-order chi connectivity index (χ0) is 48.5. The third-order valence-electron chi connectivity index (χ3n) is 12.6. The summed E-state index contributed by atoms with van der Waals surface area (Å²) in [5, 5.41) is 14.1. The van der Waals surface area contributed by atoms with Crippen LogP contribution in [0, 0.1) is 0 Å². The van der Waals surface area contributed by atoms with Gasteiger partial charge >= 0.3 is 7.82 Å². The lowest BCUT2D eigenvalue weighted by molar-refractivity contribution is -0.870. The Labute approximate surface area is 409 Å². The quantitative estimate of drug-likeness (QED) is 0.0243. The summed E-state index contributed by atoms with van der Waals surface area (Å²) in [7, 11) is 1.61. The van der Waals surface area contributed by atoms with Gasteiger partial charge in [-0.15, -0.1) is 0 Å². The number of carbonyl (C=O) groups is 1. The molecule has 388 valence electrons. The second-order valence-electron chi connectivity index (χ2n) is 20.3. The molecule has 0 fully saturated rings. The van der Waals surface area contributed by atoms with Crippen molar-refractivity contribution < 1.29 is 32.9 Å². The number of aliphatic hydroxyl groups is 1. The van der Waals surface area contributed by atoms with Crippen LogP contribution in [0.4, 0.5) is 0 Å². The van der Waals surface area contributed by atoms with Crippen LogP contribution in [0.25, 0.3) is 0 Å². The summed E-state index contributed by atoms with van der Waals surface area (Å²) in [6.45, 7) is 4.79. The van der Waals surface area contributed by atoms with E-state index in [1.54, 1.807) is 0 Å². The van der Waals surface area contributed by atoms with Crippen molar-refractivity contribution in [3.63, 3.8) is 0 Å². The molecule has 0 bridgehead atoms. The summed E-state index contributed by atoms with van der Waals surface area (Å²) in [5.74, 6) is -0.151. The molecule has 0 aliphatic heterocycles. The highest BCUT2D eigenvalue weighted by Crippen LogP contribution is 2.43. The first-order chi connectivity index (χ1) is 32.0. The number of unbranched alkanes of at least 4 members (excludes halogenated alkanes) is 30. The van der Waals surface area contributed by atoms with Crippen molar-refractivity contribution in [3.8, 4) is 0 Å². The average molecular weight is 950 g/mol. The average Bonchev–Trinajstić information content (AvgIpc) is 3.28. The summed E-state index contributed by atoms with van der Waals surface area (Å²) in [6, 6.07) is -0.767. The van der Waals surface area contributed by atoms with Gasteiger partial charge in [-0.1, -0.05) is 249 Å². The van der Waals surface area contributed by atoms with E-state index in [1.165, 1.54) is 161 Å². The summed E-state index contributed by atoms with van der Waals surface area (Å²) >= 11 is 0. The van der Waals surface area contributed by atoms with Crippen molar-refractivity contribution in [3.05, 3.63) is 48.6 Å². The minimum atomic E-state index is -4.33. The number of amides is 1. The van der Waals surface area contributed by atoms with Crippen LogP contribution < -0.4 is 5.32 Å². The molecule has 0 radical (unpaired) electrons. The van der Waals surface area contributed by atoms with Crippen LogP contribution in [0.1, 0.15) is 258 Å². The van der Waals surface area contributed by atoms with Gasteiger partial charge in [0.15, 0.2) is 0 Å². The van der Waals surface area contributed by atoms with Gasteiger partial charge in [0.05, 0.1) is 39.9 Å². The Bertz CT molecular complexity index is 1210. The monoisotopic (exact) mass is 950 g/mol. The van der Waals surface area contributed by atoms with E-state index in [2.05, 4.69) is 67.8 Å². The Balaban J connectivity index is 4.21. The first-order valence-corrected chi connectivity index (χ1v) is 29.5. The topological polar surface area (TPSA) is 105 Å². The predicted molar refractivity (Wildman–Crippen MR) is 286 cm³/mol. The molecular formula is C57H110N2O6P+. The van der Waals surface area contributed by atoms with E-state index in [4.69, 9.17) is 9.05 Å².